The summed E-state index contributed by atoms with van der Waals surface area (Å²) in [4.78, 5) is 22.2. The van der Waals surface area contributed by atoms with Crippen LogP contribution in [0.3, 0.4) is 0 Å². The van der Waals surface area contributed by atoms with Gasteiger partial charge in [-0.1, -0.05) is 0 Å². The van der Waals surface area contributed by atoms with Gasteiger partial charge in [-0.15, -0.1) is 0 Å². The average molecular weight is 217 g/mol. The van der Waals surface area contributed by atoms with E-state index < -0.39 is 18.2 Å². The molecular formula is C9H19N3O3. The summed E-state index contributed by atoms with van der Waals surface area (Å²) in [5, 5.41) is 2.61. The maximum absolute atomic E-state index is 11.2. The van der Waals surface area contributed by atoms with E-state index in [-0.39, 0.29) is 18.7 Å². The first-order valence-corrected chi connectivity index (χ1v) is 4.95. The van der Waals surface area contributed by atoms with Gasteiger partial charge >= 0.3 is 5.97 Å². The van der Waals surface area contributed by atoms with E-state index >= 15 is 0 Å². The number of hydrogen-bond donors (Lipinski definition) is 3. The SMILES string of the molecule is CCNC(=O)CC[C@H](N)C(=O)OC(C)N. The number of nitrogens with one attached hydrogen (secondary N) is 1. The number of carbonyl (C=O) groups excluding carboxylic acids is 2. The van der Waals surface area contributed by atoms with Crippen LogP contribution in [-0.4, -0.2) is 30.7 Å². The molecule has 0 aliphatic carbocycles. The number of amides is 1. The average Bonchev–Trinajstić information content (AvgIpc) is 2.13. The van der Waals surface area contributed by atoms with Crippen LogP contribution in [0.2, 0.25) is 0 Å². The second-order valence-electron chi connectivity index (χ2n) is 3.24. The van der Waals surface area contributed by atoms with Crippen molar-refractivity contribution in [1.82, 2.24) is 5.32 Å². The third kappa shape index (κ3) is 6.87. The molecule has 88 valence electrons. The second kappa shape index (κ2) is 7.19. The van der Waals surface area contributed by atoms with E-state index in [0.717, 1.165) is 0 Å². The third-order valence-electron chi connectivity index (χ3n) is 1.66. The largest absolute Gasteiger partial charge is 0.446 e. The minimum Gasteiger partial charge on any atom is -0.446 e. The highest BCUT2D eigenvalue weighted by molar-refractivity contribution is 5.79. The van der Waals surface area contributed by atoms with E-state index in [1.165, 1.54) is 6.92 Å². The Kier molecular flexibility index (Phi) is 6.64. The van der Waals surface area contributed by atoms with Gasteiger partial charge in [0.2, 0.25) is 5.91 Å². The predicted molar refractivity (Wildman–Crippen MR) is 55.6 cm³/mol. The monoisotopic (exact) mass is 217 g/mol. The quantitative estimate of drug-likeness (QED) is 0.394. The summed E-state index contributed by atoms with van der Waals surface area (Å²) in [5.74, 6) is -0.698. The maximum atomic E-state index is 11.2. The van der Waals surface area contributed by atoms with Crippen LogP contribution in [0.1, 0.15) is 26.7 Å². The van der Waals surface area contributed by atoms with E-state index in [1.54, 1.807) is 0 Å². The molecule has 0 saturated carbocycles. The number of esters is 1. The van der Waals surface area contributed by atoms with Gasteiger partial charge in [0.15, 0.2) is 0 Å². The molecule has 0 rings (SSSR count). The number of carbonyl (C=O) groups is 2. The Morgan fingerprint density at radius 2 is 2.00 bits per heavy atom. The van der Waals surface area contributed by atoms with E-state index in [4.69, 9.17) is 11.5 Å². The molecule has 6 heteroatoms. The summed E-state index contributed by atoms with van der Waals surface area (Å²) in [6.45, 7) is 3.93. The van der Waals surface area contributed by atoms with Crippen molar-refractivity contribution >= 4 is 11.9 Å². The van der Waals surface area contributed by atoms with E-state index in [1.807, 2.05) is 6.92 Å². The third-order valence-corrected chi connectivity index (χ3v) is 1.66. The topological polar surface area (TPSA) is 107 Å². The van der Waals surface area contributed by atoms with Crippen LogP contribution in [0.4, 0.5) is 0 Å². The Labute approximate surface area is 89.3 Å². The maximum Gasteiger partial charge on any atom is 0.324 e. The molecule has 1 amide bonds. The van der Waals surface area contributed by atoms with Gasteiger partial charge in [-0.25, -0.2) is 0 Å². The van der Waals surface area contributed by atoms with Crippen molar-refractivity contribution in [2.24, 2.45) is 11.5 Å². The first kappa shape index (κ1) is 13.9. The molecule has 0 aromatic heterocycles. The molecule has 0 aromatic carbocycles. The lowest BCUT2D eigenvalue weighted by molar-refractivity contribution is -0.149. The molecule has 15 heavy (non-hydrogen) atoms. The van der Waals surface area contributed by atoms with E-state index in [9.17, 15) is 9.59 Å². The lowest BCUT2D eigenvalue weighted by atomic mass is 10.1. The fourth-order valence-electron chi connectivity index (χ4n) is 0.961. The van der Waals surface area contributed by atoms with Gasteiger partial charge in [0.25, 0.3) is 0 Å². The molecule has 0 aliphatic heterocycles. The standard InChI is InChI=1S/C9H19N3O3/c1-3-12-8(13)5-4-7(11)9(14)15-6(2)10/h6-7H,3-5,10-11H2,1-2H3,(H,12,13)/t6?,7-/m0/s1. The minimum absolute atomic E-state index is 0.124. The van der Waals surface area contributed by atoms with Gasteiger partial charge in [0, 0.05) is 13.0 Å². The van der Waals surface area contributed by atoms with Crippen LogP contribution in [-0.2, 0) is 14.3 Å². The van der Waals surface area contributed by atoms with Gasteiger partial charge in [-0.3, -0.25) is 15.3 Å². The van der Waals surface area contributed by atoms with Crippen LogP contribution in [0, 0.1) is 0 Å². The Morgan fingerprint density at radius 1 is 1.40 bits per heavy atom. The van der Waals surface area contributed by atoms with Crippen LogP contribution >= 0.6 is 0 Å². The molecule has 1 unspecified atom stereocenters. The fraction of sp³-hybridized carbons (Fsp3) is 0.778. The Hall–Kier alpha value is -1.14. The van der Waals surface area contributed by atoms with Crippen LogP contribution in [0.5, 0.6) is 0 Å². The molecule has 0 aromatic rings. The fourth-order valence-corrected chi connectivity index (χ4v) is 0.961. The van der Waals surface area contributed by atoms with Crippen molar-refractivity contribution < 1.29 is 14.3 Å². The Bertz CT molecular complexity index is 219. The Morgan fingerprint density at radius 3 is 2.47 bits per heavy atom. The van der Waals surface area contributed by atoms with Crippen molar-refractivity contribution in [2.45, 2.75) is 39.0 Å². The number of nitrogens with two attached hydrogens (primary N) is 2. The van der Waals surface area contributed by atoms with Gasteiger partial charge in [-0.2, -0.15) is 0 Å². The summed E-state index contributed by atoms with van der Waals surface area (Å²) >= 11 is 0. The van der Waals surface area contributed by atoms with Gasteiger partial charge < -0.3 is 15.8 Å². The summed E-state index contributed by atoms with van der Waals surface area (Å²) in [5.41, 5.74) is 10.8. The van der Waals surface area contributed by atoms with Crippen molar-refractivity contribution in [1.29, 1.82) is 0 Å². The molecule has 6 nitrogen and oxygen atoms in total. The molecule has 0 aliphatic rings. The summed E-state index contributed by atoms with van der Waals surface area (Å²) in [7, 11) is 0. The number of rotatable bonds is 6. The zero-order chi connectivity index (χ0) is 11.8. The summed E-state index contributed by atoms with van der Waals surface area (Å²) < 4.78 is 4.69. The molecule has 0 fully saturated rings. The summed E-state index contributed by atoms with van der Waals surface area (Å²) in [6.07, 6.45) is -0.200. The highest BCUT2D eigenvalue weighted by atomic mass is 16.6. The molecule has 0 saturated heterocycles. The molecule has 2 atom stereocenters. The van der Waals surface area contributed by atoms with Crippen LogP contribution in [0.15, 0.2) is 0 Å². The molecule has 5 N–H and O–H groups in total. The van der Waals surface area contributed by atoms with Gasteiger partial charge in [0.05, 0.1) is 0 Å². The molecular weight excluding hydrogens is 198 g/mol. The summed E-state index contributed by atoms with van der Waals surface area (Å²) in [6, 6.07) is -0.793. The zero-order valence-corrected chi connectivity index (χ0v) is 9.16. The Balaban J connectivity index is 3.77. The molecule has 0 spiro atoms. The van der Waals surface area contributed by atoms with Crippen molar-refractivity contribution in [3.8, 4) is 0 Å². The smallest absolute Gasteiger partial charge is 0.324 e. The van der Waals surface area contributed by atoms with Crippen molar-refractivity contribution in [3.05, 3.63) is 0 Å². The van der Waals surface area contributed by atoms with Gasteiger partial charge in [0.1, 0.15) is 12.3 Å². The highest BCUT2D eigenvalue weighted by Gasteiger charge is 2.17. The lowest BCUT2D eigenvalue weighted by Gasteiger charge is -2.13. The first-order chi connectivity index (χ1) is 6.97. The second-order valence-corrected chi connectivity index (χ2v) is 3.24. The first-order valence-electron chi connectivity index (χ1n) is 4.95. The zero-order valence-electron chi connectivity index (χ0n) is 9.16. The van der Waals surface area contributed by atoms with Crippen LogP contribution in [0.25, 0.3) is 0 Å². The normalized spacial score (nSPS) is 14.1. The van der Waals surface area contributed by atoms with Crippen LogP contribution < -0.4 is 16.8 Å². The number of hydrogen-bond acceptors (Lipinski definition) is 5. The van der Waals surface area contributed by atoms with E-state index in [2.05, 4.69) is 10.1 Å². The van der Waals surface area contributed by atoms with Crippen molar-refractivity contribution in [2.75, 3.05) is 6.54 Å². The highest BCUT2D eigenvalue weighted by Crippen LogP contribution is 1.98. The lowest BCUT2D eigenvalue weighted by Crippen LogP contribution is -2.37. The van der Waals surface area contributed by atoms with Gasteiger partial charge in [-0.05, 0) is 20.3 Å². The molecule has 0 radical (unpaired) electrons. The predicted octanol–water partition coefficient (Wildman–Crippen LogP) is -0.922. The minimum atomic E-state index is -0.793. The van der Waals surface area contributed by atoms with E-state index in [0.29, 0.717) is 6.54 Å². The number of ether oxygens (including phenoxy) is 1. The molecule has 0 heterocycles. The molecule has 0 bridgehead atoms. The van der Waals surface area contributed by atoms with Crippen molar-refractivity contribution in [3.63, 3.8) is 0 Å².